The molecule has 0 saturated carbocycles. The van der Waals surface area contributed by atoms with Gasteiger partial charge in [-0.2, -0.15) is 9.40 Å². The van der Waals surface area contributed by atoms with E-state index in [-0.39, 0.29) is 0 Å². The van der Waals surface area contributed by atoms with Crippen LogP contribution in [0.5, 0.6) is 0 Å². The monoisotopic (exact) mass is 348 g/mol. The smallest absolute Gasteiger partial charge is 0.237 e. The Kier molecular flexibility index (Phi) is 3.67. The molecule has 1 aliphatic heterocycles. The fourth-order valence-electron chi connectivity index (χ4n) is 3.09. The molecule has 23 heavy (non-hydrogen) atoms. The van der Waals surface area contributed by atoms with Gasteiger partial charge in [0.25, 0.3) is 10.0 Å². The number of rotatable bonds is 3. The van der Waals surface area contributed by atoms with Crippen LogP contribution in [0.25, 0.3) is 5.65 Å². The average Bonchev–Trinajstić information content (AvgIpc) is 3.26. The van der Waals surface area contributed by atoms with E-state index in [9.17, 15) is 8.42 Å². The first-order valence-corrected chi connectivity index (χ1v) is 9.80. The minimum atomic E-state index is -3.34. The highest BCUT2D eigenvalue weighted by Crippen LogP contribution is 2.31. The Balaban J connectivity index is 1.55. The molecule has 1 aliphatic rings. The summed E-state index contributed by atoms with van der Waals surface area (Å²) in [7, 11) is -3.34. The lowest BCUT2D eigenvalue weighted by Gasteiger charge is -2.31. The van der Waals surface area contributed by atoms with Gasteiger partial charge in [-0.1, -0.05) is 6.07 Å². The van der Waals surface area contributed by atoms with Crippen molar-refractivity contribution in [2.45, 2.75) is 23.0 Å². The second-order valence-electron chi connectivity index (χ2n) is 5.58. The van der Waals surface area contributed by atoms with E-state index in [1.807, 2.05) is 16.6 Å². The zero-order valence-electron chi connectivity index (χ0n) is 12.4. The molecule has 1 saturated heterocycles. The van der Waals surface area contributed by atoms with E-state index in [0.717, 1.165) is 24.2 Å². The molecule has 0 aromatic carbocycles. The van der Waals surface area contributed by atoms with Crippen molar-refractivity contribution in [3.8, 4) is 0 Å². The highest BCUT2D eigenvalue weighted by molar-refractivity contribution is 7.91. The number of aromatic nitrogens is 3. The van der Waals surface area contributed by atoms with Gasteiger partial charge in [-0.15, -0.1) is 11.3 Å². The van der Waals surface area contributed by atoms with Crippen molar-refractivity contribution in [3.63, 3.8) is 0 Å². The number of fused-ring (bicyclic) bond motifs is 1. The molecule has 3 aromatic heterocycles. The van der Waals surface area contributed by atoms with Crippen LogP contribution >= 0.6 is 11.3 Å². The Morgan fingerprint density at radius 2 is 1.96 bits per heavy atom. The number of hydrogen-bond acceptors (Lipinski definition) is 5. The van der Waals surface area contributed by atoms with Crippen LogP contribution in [0.1, 0.15) is 24.5 Å². The van der Waals surface area contributed by atoms with Crippen molar-refractivity contribution in [1.29, 1.82) is 0 Å². The Bertz CT molecular complexity index is 910. The van der Waals surface area contributed by atoms with Gasteiger partial charge in [0.15, 0.2) is 5.65 Å². The fourth-order valence-corrected chi connectivity index (χ4v) is 5.71. The summed E-state index contributed by atoms with van der Waals surface area (Å²) < 4.78 is 29.0. The van der Waals surface area contributed by atoms with E-state index in [2.05, 4.69) is 10.1 Å². The van der Waals surface area contributed by atoms with Crippen molar-refractivity contribution >= 4 is 27.0 Å². The summed E-state index contributed by atoms with van der Waals surface area (Å²) in [6.07, 6.45) is 5.12. The Hall–Kier alpha value is -1.77. The van der Waals surface area contributed by atoms with E-state index in [4.69, 9.17) is 0 Å². The summed E-state index contributed by atoms with van der Waals surface area (Å²) >= 11 is 1.27. The third-order valence-electron chi connectivity index (χ3n) is 4.28. The normalized spacial score (nSPS) is 17.7. The molecular weight excluding hydrogens is 332 g/mol. The van der Waals surface area contributed by atoms with E-state index in [0.29, 0.717) is 23.2 Å². The largest absolute Gasteiger partial charge is 0.252 e. The Labute approximate surface area is 138 Å². The second kappa shape index (κ2) is 5.70. The minimum absolute atomic E-state index is 0.301. The third-order valence-corrected chi connectivity index (χ3v) is 7.55. The van der Waals surface area contributed by atoms with Crippen LogP contribution < -0.4 is 0 Å². The first-order valence-electron chi connectivity index (χ1n) is 7.48. The summed E-state index contributed by atoms with van der Waals surface area (Å²) in [5.41, 5.74) is 1.93. The van der Waals surface area contributed by atoms with E-state index < -0.39 is 10.0 Å². The summed E-state index contributed by atoms with van der Waals surface area (Å²) in [6, 6.07) is 7.30. The highest BCUT2D eigenvalue weighted by Gasteiger charge is 2.31. The summed E-state index contributed by atoms with van der Waals surface area (Å²) in [5, 5.41) is 6.12. The molecule has 0 N–H and O–H groups in total. The lowest BCUT2D eigenvalue weighted by molar-refractivity contribution is 0.315. The van der Waals surface area contributed by atoms with Crippen LogP contribution in [0.3, 0.4) is 0 Å². The molecule has 0 amide bonds. The van der Waals surface area contributed by atoms with Gasteiger partial charge in [0.2, 0.25) is 0 Å². The first kappa shape index (κ1) is 14.8. The van der Waals surface area contributed by atoms with Gasteiger partial charge in [0, 0.05) is 37.0 Å². The molecule has 6 nitrogen and oxygen atoms in total. The number of thiophene rings is 1. The van der Waals surface area contributed by atoms with Gasteiger partial charge in [0.05, 0.1) is 6.20 Å². The van der Waals surface area contributed by atoms with Crippen LogP contribution in [0.4, 0.5) is 0 Å². The van der Waals surface area contributed by atoms with E-state index >= 15 is 0 Å². The topological polar surface area (TPSA) is 67.6 Å². The van der Waals surface area contributed by atoms with Crippen LogP contribution in [0.2, 0.25) is 0 Å². The quantitative estimate of drug-likeness (QED) is 0.729. The van der Waals surface area contributed by atoms with Crippen molar-refractivity contribution in [2.24, 2.45) is 0 Å². The zero-order valence-corrected chi connectivity index (χ0v) is 14.0. The molecule has 0 spiro atoms. The van der Waals surface area contributed by atoms with Crippen LogP contribution in [-0.4, -0.2) is 40.4 Å². The number of hydrogen-bond donors (Lipinski definition) is 0. The number of nitrogens with zero attached hydrogens (tertiary/aromatic N) is 4. The molecule has 0 atom stereocenters. The maximum absolute atomic E-state index is 12.6. The Morgan fingerprint density at radius 1 is 1.13 bits per heavy atom. The van der Waals surface area contributed by atoms with E-state index in [1.165, 1.54) is 11.3 Å². The molecule has 0 bridgehead atoms. The minimum Gasteiger partial charge on any atom is -0.237 e. The third kappa shape index (κ3) is 2.56. The van der Waals surface area contributed by atoms with Crippen molar-refractivity contribution < 1.29 is 8.42 Å². The zero-order chi connectivity index (χ0) is 15.9. The lowest BCUT2D eigenvalue weighted by atomic mass is 9.94. The lowest BCUT2D eigenvalue weighted by Crippen LogP contribution is -2.37. The van der Waals surface area contributed by atoms with Gasteiger partial charge >= 0.3 is 0 Å². The van der Waals surface area contributed by atoms with Gasteiger partial charge < -0.3 is 0 Å². The predicted molar refractivity (Wildman–Crippen MR) is 88.0 cm³/mol. The molecule has 0 aliphatic carbocycles. The predicted octanol–water partition coefficient (Wildman–Crippen LogP) is 2.36. The van der Waals surface area contributed by atoms with Crippen molar-refractivity contribution in [3.05, 3.63) is 47.7 Å². The summed E-state index contributed by atoms with van der Waals surface area (Å²) in [4.78, 5) is 4.28. The van der Waals surface area contributed by atoms with Crippen LogP contribution in [0, 0.1) is 0 Å². The maximum Gasteiger partial charge on any atom is 0.252 e. The molecule has 3 aromatic rings. The highest BCUT2D eigenvalue weighted by atomic mass is 32.2. The molecule has 8 heteroatoms. The maximum atomic E-state index is 12.6. The first-order chi connectivity index (χ1) is 11.2. The molecule has 4 rings (SSSR count). The summed E-state index contributed by atoms with van der Waals surface area (Å²) in [5.74, 6) is 0.301. The van der Waals surface area contributed by atoms with Gasteiger partial charge in [-0.05, 0) is 30.4 Å². The van der Waals surface area contributed by atoms with Crippen LogP contribution in [-0.2, 0) is 10.0 Å². The van der Waals surface area contributed by atoms with E-state index in [1.54, 1.807) is 34.2 Å². The molecule has 0 radical (unpaired) electrons. The van der Waals surface area contributed by atoms with Gasteiger partial charge in [0.1, 0.15) is 4.21 Å². The second-order valence-corrected chi connectivity index (χ2v) is 8.69. The number of sulfonamides is 1. The van der Waals surface area contributed by atoms with Crippen LogP contribution in [0.15, 0.2) is 46.2 Å². The van der Waals surface area contributed by atoms with Crippen molar-refractivity contribution in [2.75, 3.05) is 13.1 Å². The summed E-state index contributed by atoms with van der Waals surface area (Å²) in [6.45, 7) is 1.08. The molecule has 4 heterocycles. The molecular formula is C15H16N4O2S2. The standard InChI is InChI=1S/C15H16N4O2S2/c20-23(21,15-2-1-11-22-15)18-9-5-12(6-10-18)13-3-7-16-14-4-8-17-19(13)14/h1-4,7-8,11-12H,5-6,9-10H2. The van der Waals surface area contributed by atoms with Crippen molar-refractivity contribution in [1.82, 2.24) is 18.9 Å². The fraction of sp³-hybridized carbons (Fsp3) is 0.333. The molecule has 1 fully saturated rings. The SMILES string of the molecule is O=S(=O)(c1cccs1)N1CCC(c2ccnc3ccnn23)CC1. The average molecular weight is 348 g/mol. The molecule has 0 unspecified atom stereocenters. The van der Waals surface area contributed by atoms with Gasteiger partial charge in [-0.25, -0.2) is 17.9 Å². The number of piperidine rings is 1. The van der Waals surface area contributed by atoms with Gasteiger partial charge in [-0.3, -0.25) is 0 Å². The Morgan fingerprint density at radius 3 is 2.70 bits per heavy atom. The molecule has 120 valence electrons.